The van der Waals surface area contributed by atoms with Crippen molar-refractivity contribution in [2.24, 2.45) is 0 Å². The van der Waals surface area contributed by atoms with E-state index in [9.17, 15) is 4.79 Å². The van der Waals surface area contributed by atoms with Gasteiger partial charge in [-0.25, -0.2) is 4.79 Å². The summed E-state index contributed by atoms with van der Waals surface area (Å²) >= 11 is 0. The first-order chi connectivity index (χ1) is 11.1. The Bertz CT molecular complexity index is 594. The number of benzene rings is 2. The van der Waals surface area contributed by atoms with Crippen molar-refractivity contribution in [2.45, 2.75) is 19.3 Å². The van der Waals surface area contributed by atoms with Gasteiger partial charge in [0.1, 0.15) is 0 Å². The summed E-state index contributed by atoms with van der Waals surface area (Å²) in [4.78, 5) is 13.9. The molecule has 0 aromatic heterocycles. The van der Waals surface area contributed by atoms with E-state index < -0.39 is 0 Å². The molecule has 0 spiro atoms. The topological polar surface area (TPSA) is 44.4 Å². The van der Waals surface area contributed by atoms with Gasteiger partial charge in [0, 0.05) is 32.0 Å². The van der Waals surface area contributed by atoms with Gasteiger partial charge in [0.05, 0.1) is 0 Å². The quantitative estimate of drug-likeness (QED) is 0.762. The molecule has 0 fully saturated rings. The van der Waals surface area contributed by atoms with Crippen molar-refractivity contribution in [2.75, 3.05) is 30.9 Å². The van der Waals surface area contributed by atoms with E-state index in [4.69, 9.17) is 0 Å². The summed E-state index contributed by atoms with van der Waals surface area (Å²) in [5, 5.41) is 5.74. The van der Waals surface area contributed by atoms with E-state index in [0.29, 0.717) is 6.54 Å². The number of unbranched alkanes of at least 4 members (excludes halogenated alkanes) is 1. The van der Waals surface area contributed by atoms with Crippen LogP contribution >= 0.6 is 0 Å². The molecule has 4 nitrogen and oxygen atoms in total. The number of amides is 2. The SMILES string of the molecule is CN(C)c1ccc(NC(=O)NCCCCc2ccccc2)cc1. The van der Waals surface area contributed by atoms with E-state index in [2.05, 4.69) is 34.9 Å². The molecule has 2 aromatic rings. The molecule has 0 aliphatic carbocycles. The van der Waals surface area contributed by atoms with Crippen LogP contribution in [0, 0.1) is 0 Å². The Labute approximate surface area is 138 Å². The van der Waals surface area contributed by atoms with E-state index >= 15 is 0 Å². The molecule has 23 heavy (non-hydrogen) atoms. The highest BCUT2D eigenvalue weighted by Gasteiger charge is 2.02. The van der Waals surface area contributed by atoms with Crippen molar-refractivity contribution >= 4 is 17.4 Å². The Hall–Kier alpha value is -2.49. The van der Waals surface area contributed by atoms with Crippen molar-refractivity contribution in [3.63, 3.8) is 0 Å². The molecule has 0 radical (unpaired) electrons. The normalized spacial score (nSPS) is 10.2. The molecule has 122 valence electrons. The van der Waals surface area contributed by atoms with Crippen LogP contribution < -0.4 is 15.5 Å². The van der Waals surface area contributed by atoms with Crippen LogP contribution in [0.15, 0.2) is 54.6 Å². The van der Waals surface area contributed by atoms with E-state index in [1.807, 2.05) is 49.3 Å². The number of rotatable bonds is 7. The number of carbonyl (C=O) groups is 1. The number of carbonyl (C=O) groups excluding carboxylic acids is 1. The summed E-state index contributed by atoms with van der Waals surface area (Å²) in [5.74, 6) is 0. The predicted molar refractivity (Wildman–Crippen MR) is 97.2 cm³/mol. The van der Waals surface area contributed by atoms with E-state index in [1.165, 1.54) is 5.56 Å². The zero-order chi connectivity index (χ0) is 16.5. The average molecular weight is 311 g/mol. The molecule has 4 heteroatoms. The van der Waals surface area contributed by atoms with Gasteiger partial charge in [-0.15, -0.1) is 0 Å². The maximum absolute atomic E-state index is 11.8. The number of aryl methyl sites for hydroxylation is 1. The van der Waals surface area contributed by atoms with Crippen LogP contribution in [0.2, 0.25) is 0 Å². The molecule has 0 saturated heterocycles. The Kier molecular flexibility index (Phi) is 6.48. The lowest BCUT2D eigenvalue weighted by Gasteiger charge is -2.13. The predicted octanol–water partition coefficient (Wildman–Crippen LogP) is 3.90. The second kappa shape index (κ2) is 8.83. The maximum atomic E-state index is 11.8. The summed E-state index contributed by atoms with van der Waals surface area (Å²) in [6.07, 6.45) is 3.10. The van der Waals surface area contributed by atoms with Crippen LogP contribution in [-0.4, -0.2) is 26.7 Å². The summed E-state index contributed by atoms with van der Waals surface area (Å²) in [7, 11) is 3.98. The highest BCUT2D eigenvalue weighted by molar-refractivity contribution is 5.89. The first-order valence-corrected chi connectivity index (χ1v) is 8.01. The summed E-state index contributed by atoms with van der Waals surface area (Å²) < 4.78 is 0. The molecule has 2 N–H and O–H groups in total. The highest BCUT2D eigenvalue weighted by atomic mass is 16.2. The molecule has 0 aliphatic rings. The molecular formula is C19H25N3O. The fourth-order valence-electron chi connectivity index (χ4n) is 2.32. The second-order valence-electron chi connectivity index (χ2n) is 5.76. The zero-order valence-electron chi connectivity index (χ0n) is 13.9. The minimum atomic E-state index is -0.151. The van der Waals surface area contributed by atoms with Crippen LogP contribution in [0.25, 0.3) is 0 Å². The third-order valence-electron chi connectivity index (χ3n) is 3.66. The van der Waals surface area contributed by atoms with Crippen molar-refractivity contribution in [1.82, 2.24) is 5.32 Å². The number of hydrogen-bond acceptors (Lipinski definition) is 2. The lowest BCUT2D eigenvalue weighted by molar-refractivity contribution is 0.252. The van der Waals surface area contributed by atoms with Gasteiger partial charge in [0.15, 0.2) is 0 Å². The minimum Gasteiger partial charge on any atom is -0.378 e. The van der Waals surface area contributed by atoms with E-state index in [0.717, 1.165) is 30.6 Å². The van der Waals surface area contributed by atoms with Gasteiger partial charge in [-0.05, 0) is 49.1 Å². The van der Waals surface area contributed by atoms with Gasteiger partial charge in [0.2, 0.25) is 0 Å². The molecular weight excluding hydrogens is 286 g/mol. The first kappa shape index (κ1) is 16.9. The number of nitrogens with zero attached hydrogens (tertiary/aromatic N) is 1. The van der Waals surface area contributed by atoms with Gasteiger partial charge in [-0.3, -0.25) is 0 Å². The van der Waals surface area contributed by atoms with Crippen LogP contribution in [0.1, 0.15) is 18.4 Å². The van der Waals surface area contributed by atoms with Crippen molar-refractivity contribution in [3.8, 4) is 0 Å². The Balaban J connectivity index is 1.63. The summed E-state index contributed by atoms with van der Waals surface area (Å²) in [5.41, 5.74) is 3.26. The standard InChI is InChI=1S/C19H25N3O/c1-22(2)18-13-11-17(12-14-18)21-19(23)20-15-7-6-10-16-8-4-3-5-9-16/h3-5,8-9,11-14H,6-7,10,15H2,1-2H3,(H2,20,21,23). The Morgan fingerprint density at radius 3 is 2.30 bits per heavy atom. The van der Waals surface area contributed by atoms with Crippen molar-refractivity contribution < 1.29 is 4.79 Å². The first-order valence-electron chi connectivity index (χ1n) is 8.01. The maximum Gasteiger partial charge on any atom is 0.319 e. The van der Waals surface area contributed by atoms with Crippen LogP contribution in [-0.2, 0) is 6.42 Å². The van der Waals surface area contributed by atoms with Gasteiger partial charge in [0.25, 0.3) is 0 Å². The third-order valence-corrected chi connectivity index (χ3v) is 3.66. The molecule has 0 saturated carbocycles. The van der Waals surface area contributed by atoms with Gasteiger partial charge in [-0.1, -0.05) is 30.3 Å². The fourth-order valence-corrected chi connectivity index (χ4v) is 2.32. The van der Waals surface area contributed by atoms with Gasteiger partial charge >= 0.3 is 6.03 Å². The largest absolute Gasteiger partial charge is 0.378 e. The summed E-state index contributed by atoms with van der Waals surface area (Å²) in [6, 6.07) is 18.0. The molecule has 2 aromatic carbocycles. The van der Waals surface area contributed by atoms with E-state index in [1.54, 1.807) is 0 Å². The number of anilines is 2. The molecule has 0 unspecified atom stereocenters. The van der Waals surface area contributed by atoms with Gasteiger partial charge in [-0.2, -0.15) is 0 Å². The van der Waals surface area contributed by atoms with Crippen LogP contribution in [0.4, 0.5) is 16.2 Å². The minimum absolute atomic E-state index is 0.151. The van der Waals surface area contributed by atoms with Crippen LogP contribution in [0.5, 0.6) is 0 Å². The van der Waals surface area contributed by atoms with Gasteiger partial charge < -0.3 is 15.5 Å². The average Bonchev–Trinajstić information content (AvgIpc) is 2.56. The monoisotopic (exact) mass is 311 g/mol. The molecule has 0 aliphatic heterocycles. The second-order valence-corrected chi connectivity index (χ2v) is 5.76. The van der Waals surface area contributed by atoms with Crippen molar-refractivity contribution in [3.05, 3.63) is 60.2 Å². The number of urea groups is 1. The number of hydrogen-bond donors (Lipinski definition) is 2. The number of nitrogens with one attached hydrogen (secondary N) is 2. The van der Waals surface area contributed by atoms with Crippen molar-refractivity contribution in [1.29, 1.82) is 0 Å². The fraction of sp³-hybridized carbons (Fsp3) is 0.316. The summed E-state index contributed by atoms with van der Waals surface area (Å²) in [6.45, 7) is 0.689. The molecule has 2 rings (SSSR count). The molecule has 0 heterocycles. The molecule has 0 bridgehead atoms. The zero-order valence-corrected chi connectivity index (χ0v) is 13.9. The lowest BCUT2D eigenvalue weighted by Crippen LogP contribution is -2.29. The Morgan fingerprint density at radius 2 is 1.65 bits per heavy atom. The molecule has 0 atom stereocenters. The van der Waals surface area contributed by atoms with E-state index in [-0.39, 0.29) is 6.03 Å². The smallest absolute Gasteiger partial charge is 0.319 e. The third kappa shape index (κ3) is 6.02. The molecule has 2 amide bonds. The highest BCUT2D eigenvalue weighted by Crippen LogP contribution is 2.15. The Morgan fingerprint density at radius 1 is 0.957 bits per heavy atom. The van der Waals surface area contributed by atoms with Crippen LogP contribution in [0.3, 0.4) is 0 Å². The lowest BCUT2D eigenvalue weighted by atomic mass is 10.1.